The number of fused-ring (bicyclic) bond motifs is 1. The summed E-state index contributed by atoms with van der Waals surface area (Å²) in [6.45, 7) is 0. The van der Waals surface area contributed by atoms with Crippen molar-refractivity contribution >= 4 is 35.1 Å². The molecule has 2 rings (SSSR count). The van der Waals surface area contributed by atoms with Crippen molar-refractivity contribution in [3.8, 4) is 0 Å². The molecule has 4 nitrogen and oxygen atoms in total. The number of nitrogens with one attached hydrogen (secondary N) is 1. The average molecular weight is 214 g/mol. The van der Waals surface area contributed by atoms with E-state index in [1.807, 2.05) is 0 Å². The van der Waals surface area contributed by atoms with E-state index in [1.54, 1.807) is 0 Å². The molecule has 0 bridgehead atoms. The number of rotatable bonds is 1. The van der Waals surface area contributed by atoms with Crippen LogP contribution in [0.25, 0.3) is 10.9 Å². The van der Waals surface area contributed by atoms with Crippen LogP contribution >= 0.6 is 11.6 Å². The van der Waals surface area contributed by atoms with E-state index in [9.17, 15) is 4.39 Å². The van der Waals surface area contributed by atoms with E-state index >= 15 is 0 Å². The van der Waals surface area contributed by atoms with Crippen LogP contribution < -0.4 is 5.46 Å². The van der Waals surface area contributed by atoms with E-state index in [4.69, 9.17) is 21.6 Å². The lowest BCUT2D eigenvalue weighted by Crippen LogP contribution is -2.30. The summed E-state index contributed by atoms with van der Waals surface area (Å²) < 4.78 is 13.1. The highest BCUT2D eigenvalue weighted by Crippen LogP contribution is 2.22. The van der Waals surface area contributed by atoms with Gasteiger partial charge in [-0.3, -0.25) is 5.10 Å². The third-order valence-electron chi connectivity index (χ3n) is 1.94. The maximum absolute atomic E-state index is 13.1. The highest BCUT2D eigenvalue weighted by Gasteiger charge is 2.20. The highest BCUT2D eigenvalue weighted by atomic mass is 35.5. The van der Waals surface area contributed by atoms with Gasteiger partial charge in [0.1, 0.15) is 10.8 Å². The molecule has 72 valence electrons. The fourth-order valence-corrected chi connectivity index (χ4v) is 1.48. The van der Waals surface area contributed by atoms with E-state index in [0.717, 1.165) is 6.07 Å². The molecule has 1 heterocycles. The van der Waals surface area contributed by atoms with Crippen molar-refractivity contribution in [3.05, 3.63) is 23.1 Å². The van der Waals surface area contributed by atoms with Crippen LogP contribution in [0.1, 0.15) is 0 Å². The zero-order valence-corrected chi connectivity index (χ0v) is 7.59. The van der Waals surface area contributed by atoms with Gasteiger partial charge >= 0.3 is 7.12 Å². The largest absolute Gasteiger partial charge is 0.489 e. The molecule has 3 N–H and O–H groups in total. The maximum atomic E-state index is 13.1. The SMILES string of the molecule is OB(O)c1cc(F)c(Cl)c2[nH]ncc12. The zero-order valence-electron chi connectivity index (χ0n) is 6.83. The second kappa shape index (κ2) is 3.23. The number of H-pyrrole nitrogens is 1. The van der Waals surface area contributed by atoms with Gasteiger partial charge in [-0.2, -0.15) is 5.10 Å². The lowest BCUT2D eigenvalue weighted by Gasteiger charge is -2.03. The second-order valence-electron chi connectivity index (χ2n) is 2.79. The summed E-state index contributed by atoms with van der Waals surface area (Å²) in [5, 5.41) is 24.3. The summed E-state index contributed by atoms with van der Waals surface area (Å²) in [7, 11) is -1.75. The van der Waals surface area contributed by atoms with Crippen LogP contribution in [-0.2, 0) is 0 Å². The summed E-state index contributed by atoms with van der Waals surface area (Å²) in [6, 6.07) is 0.977. The normalized spacial score (nSPS) is 10.9. The number of aromatic amines is 1. The summed E-state index contributed by atoms with van der Waals surface area (Å²) in [6.07, 6.45) is 1.36. The Kier molecular flexibility index (Phi) is 2.18. The van der Waals surface area contributed by atoms with E-state index in [2.05, 4.69) is 10.2 Å². The predicted molar refractivity (Wildman–Crippen MR) is 50.9 cm³/mol. The van der Waals surface area contributed by atoms with Crippen molar-refractivity contribution in [1.82, 2.24) is 10.2 Å². The highest BCUT2D eigenvalue weighted by molar-refractivity contribution is 6.62. The first kappa shape index (κ1) is 9.45. The zero-order chi connectivity index (χ0) is 10.3. The van der Waals surface area contributed by atoms with Crippen molar-refractivity contribution in [2.45, 2.75) is 0 Å². The molecule has 0 unspecified atom stereocenters. The molecule has 0 aliphatic heterocycles. The fourth-order valence-electron chi connectivity index (χ4n) is 1.28. The number of halogens is 2. The number of hydrogen-bond donors (Lipinski definition) is 3. The van der Waals surface area contributed by atoms with Gasteiger partial charge in [0.15, 0.2) is 0 Å². The Hall–Kier alpha value is -1.11. The van der Waals surface area contributed by atoms with E-state index in [0.29, 0.717) is 5.39 Å². The van der Waals surface area contributed by atoms with Gasteiger partial charge in [-0.05, 0) is 11.5 Å². The molecule has 1 aromatic heterocycles. The van der Waals surface area contributed by atoms with Crippen LogP contribution in [0, 0.1) is 5.82 Å². The monoisotopic (exact) mass is 214 g/mol. The molecule has 1 aromatic carbocycles. The van der Waals surface area contributed by atoms with Gasteiger partial charge < -0.3 is 10.0 Å². The van der Waals surface area contributed by atoms with Gasteiger partial charge in [0.05, 0.1) is 11.7 Å². The molecule has 2 aromatic rings. The lowest BCUT2D eigenvalue weighted by molar-refractivity contribution is 0.426. The number of benzene rings is 1. The van der Waals surface area contributed by atoms with E-state index in [-0.39, 0.29) is 16.0 Å². The van der Waals surface area contributed by atoms with Crippen molar-refractivity contribution in [1.29, 1.82) is 0 Å². The van der Waals surface area contributed by atoms with Gasteiger partial charge in [-0.1, -0.05) is 11.6 Å². The Bertz CT molecular complexity index is 488. The first-order valence-electron chi connectivity index (χ1n) is 3.78. The summed E-state index contributed by atoms with van der Waals surface area (Å²) in [4.78, 5) is 0. The summed E-state index contributed by atoms with van der Waals surface area (Å²) in [5.74, 6) is -0.716. The van der Waals surface area contributed by atoms with Crippen molar-refractivity contribution < 1.29 is 14.4 Å². The lowest BCUT2D eigenvalue weighted by atomic mass is 9.78. The molecule has 0 radical (unpaired) electrons. The van der Waals surface area contributed by atoms with Crippen LogP contribution in [0.5, 0.6) is 0 Å². The van der Waals surface area contributed by atoms with Crippen LogP contribution in [-0.4, -0.2) is 27.4 Å². The molecule has 0 amide bonds. The van der Waals surface area contributed by atoms with Crippen molar-refractivity contribution in [2.24, 2.45) is 0 Å². The number of hydrogen-bond acceptors (Lipinski definition) is 3. The average Bonchev–Trinajstić information content (AvgIpc) is 2.59. The maximum Gasteiger partial charge on any atom is 0.489 e. The van der Waals surface area contributed by atoms with Gasteiger partial charge in [0, 0.05) is 5.39 Å². The molecule has 0 saturated heterocycles. The minimum atomic E-state index is -1.75. The molecular weight excluding hydrogens is 209 g/mol. The second-order valence-corrected chi connectivity index (χ2v) is 3.17. The Balaban J connectivity index is 2.84. The van der Waals surface area contributed by atoms with E-state index in [1.165, 1.54) is 6.20 Å². The Labute approximate surface area is 83.5 Å². The van der Waals surface area contributed by atoms with Gasteiger partial charge in [0.2, 0.25) is 0 Å². The fraction of sp³-hybridized carbons (Fsp3) is 0. The molecule has 0 aliphatic carbocycles. The van der Waals surface area contributed by atoms with Gasteiger partial charge in [0.25, 0.3) is 0 Å². The van der Waals surface area contributed by atoms with Gasteiger partial charge in [-0.25, -0.2) is 4.39 Å². The van der Waals surface area contributed by atoms with Gasteiger partial charge in [-0.15, -0.1) is 0 Å². The van der Waals surface area contributed by atoms with Crippen LogP contribution in [0.2, 0.25) is 5.02 Å². The van der Waals surface area contributed by atoms with Crippen LogP contribution in [0.15, 0.2) is 12.3 Å². The summed E-state index contributed by atoms with van der Waals surface area (Å²) >= 11 is 5.63. The third-order valence-corrected chi connectivity index (χ3v) is 2.31. The molecule has 14 heavy (non-hydrogen) atoms. The third kappa shape index (κ3) is 1.28. The smallest absolute Gasteiger partial charge is 0.423 e. The topological polar surface area (TPSA) is 69.1 Å². The standard InChI is InChI=1S/C7H5BClFN2O2/c9-6-5(10)1-4(8(13)14)3-2-11-12-7(3)6/h1-2,13-14H,(H,11,12). The van der Waals surface area contributed by atoms with E-state index < -0.39 is 12.9 Å². The molecular formula is C7H5BClFN2O2. The summed E-state index contributed by atoms with van der Waals surface area (Å²) in [5.41, 5.74) is 0.297. The molecule has 0 atom stereocenters. The predicted octanol–water partition coefficient (Wildman–Crippen LogP) is 0.0352. The first-order chi connectivity index (χ1) is 6.61. The first-order valence-corrected chi connectivity index (χ1v) is 4.16. The minimum Gasteiger partial charge on any atom is -0.423 e. The Morgan fingerprint density at radius 1 is 1.50 bits per heavy atom. The van der Waals surface area contributed by atoms with Crippen LogP contribution in [0.3, 0.4) is 0 Å². The number of nitrogens with zero attached hydrogens (tertiary/aromatic N) is 1. The van der Waals surface area contributed by atoms with Crippen LogP contribution in [0.4, 0.5) is 4.39 Å². The molecule has 0 aliphatic rings. The quantitative estimate of drug-likeness (QED) is 0.587. The van der Waals surface area contributed by atoms with Crippen molar-refractivity contribution in [3.63, 3.8) is 0 Å². The minimum absolute atomic E-state index is 0.0376. The molecule has 0 spiro atoms. The molecule has 7 heteroatoms. The Morgan fingerprint density at radius 3 is 2.86 bits per heavy atom. The number of aromatic nitrogens is 2. The Morgan fingerprint density at radius 2 is 2.21 bits per heavy atom. The molecule has 0 saturated carbocycles. The van der Waals surface area contributed by atoms with Crippen molar-refractivity contribution in [2.75, 3.05) is 0 Å². The molecule has 0 fully saturated rings.